The molecule has 0 aliphatic rings. The molecule has 15 heavy (non-hydrogen) atoms. The van der Waals surface area contributed by atoms with Crippen LogP contribution in [0.3, 0.4) is 0 Å². The first-order valence-electron chi connectivity index (χ1n) is 5.14. The summed E-state index contributed by atoms with van der Waals surface area (Å²) >= 11 is 5.78. The smallest absolute Gasteiger partial charge is 0.129 e. The van der Waals surface area contributed by atoms with Crippen molar-refractivity contribution in [2.75, 3.05) is 5.32 Å². The van der Waals surface area contributed by atoms with E-state index < -0.39 is 0 Å². The molecular weight excluding hydrogens is 208 g/mol. The SMILES string of the molecule is C=CCCC(C)Nc1ccc(Cl)nc1C. The lowest BCUT2D eigenvalue weighted by Crippen LogP contribution is -2.15. The van der Waals surface area contributed by atoms with Gasteiger partial charge >= 0.3 is 0 Å². The van der Waals surface area contributed by atoms with E-state index in [0.717, 1.165) is 24.2 Å². The van der Waals surface area contributed by atoms with E-state index in [1.807, 2.05) is 19.1 Å². The van der Waals surface area contributed by atoms with E-state index in [-0.39, 0.29) is 0 Å². The Morgan fingerprint density at radius 1 is 1.60 bits per heavy atom. The highest BCUT2D eigenvalue weighted by molar-refractivity contribution is 6.29. The van der Waals surface area contributed by atoms with E-state index in [9.17, 15) is 0 Å². The second-order valence-electron chi connectivity index (χ2n) is 3.68. The lowest BCUT2D eigenvalue weighted by atomic mass is 10.1. The van der Waals surface area contributed by atoms with E-state index >= 15 is 0 Å². The summed E-state index contributed by atoms with van der Waals surface area (Å²) in [7, 11) is 0. The highest BCUT2D eigenvalue weighted by atomic mass is 35.5. The fourth-order valence-electron chi connectivity index (χ4n) is 1.39. The zero-order valence-corrected chi connectivity index (χ0v) is 10.0. The molecule has 0 amide bonds. The molecule has 0 bridgehead atoms. The molecule has 1 unspecified atom stereocenters. The molecule has 0 aliphatic carbocycles. The van der Waals surface area contributed by atoms with Crippen LogP contribution in [0.15, 0.2) is 24.8 Å². The van der Waals surface area contributed by atoms with Crippen LogP contribution in [-0.2, 0) is 0 Å². The van der Waals surface area contributed by atoms with Crippen LogP contribution in [0, 0.1) is 6.92 Å². The molecule has 0 saturated heterocycles. The van der Waals surface area contributed by atoms with Gasteiger partial charge in [0.15, 0.2) is 0 Å². The van der Waals surface area contributed by atoms with E-state index in [1.165, 1.54) is 0 Å². The van der Waals surface area contributed by atoms with Crippen LogP contribution in [-0.4, -0.2) is 11.0 Å². The van der Waals surface area contributed by atoms with Gasteiger partial charge in [-0.25, -0.2) is 4.98 Å². The van der Waals surface area contributed by atoms with Gasteiger partial charge in [0.25, 0.3) is 0 Å². The molecule has 82 valence electrons. The molecule has 1 aromatic heterocycles. The van der Waals surface area contributed by atoms with Crippen molar-refractivity contribution in [3.63, 3.8) is 0 Å². The molecule has 3 heteroatoms. The van der Waals surface area contributed by atoms with Crippen molar-refractivity contribution in [2.24, 2.45) is 0 Å². The first-order valence-corrected chi connectivity index (χ1v) is 5.52. The molecule has 1 atom stereocenters. The molecule has 0 spiro atoms. The summed E-state index contributed by atoms with van der Waals surface area (Å²) in [6.45, 7) is 7.81. The highest BCUT2D eigenvalue weighted by Gasteiger charge is 2.04. The van der Waals surface area contributed by atoms with Crippen molar-refractivity contribution < 1.29 is 0 Å². The van der Waals surface area contributed by atoms with Crippen molar-refractivity contribution in [3.8, 4) is 0 Å². The first-order chi connectivity index (χ1) is 7.13. The normalized spacial score (nSPS) is 12.2. The number of hydrogen-bond acceptors (Lipinski definition) is 2. The molecule has 1 N–H and O–H groups in total. The second-order valence-corrected chi connectivity index (χ2v) is 4.07. The maximum absolute atomic E-state index is 5.78. The van der Waals surface area contributed by atoms with Gasteiger partial charge in [-0.3, -0.25) is 0 Å². The molecular formula is C12H17ClN2. The van der Waals surface area contributed by atoms with Crippen LogP contribution in [0.4, 0.5) is 5.69 Å². The standard InChI is InChI=1S/C12H17ClN2/c1-4-5-6-9(2)14-11-7-8-12(13)15-10(11)3/h4,7-9,14H,1,5-6H2,2-3H3. The number of nitrogens with one attached hydrogen (secondary N) is 1. The van der Waals surface area contributed by atoms with Gasteiger partial charge in [0.2, 0.25) is 0 Å². The molecule has 1 aromatic rings. The Kier molecular flexibility index (Phi) is 4.63. The van der Waals surface area contributed by atoms with Crippen LogP contribution in [0.2, 0.25) is 5.15 Å². The van der Waals surface area contributed by atoms with Crippen LogP contribution in [0.5, 0.6) is 0 Å². The largest absolute Gasteiger partial charge is 0.381 e. The highest BCUT2D eigenvalue weighted by Crippen LogP contribution is 2.17. The number of nitrogens with zero attached hydrogens (tertiary/aromatic N) is 1. The molecule has 0 radical (unpaired) electrons. The first kappa shape index (κ1) is 12.1. The number of aryl methyl sites for hydroxylation is 1. The topological polar surface area (TPSA) is 24.9 Å². The van der Waals surface area contributed by atoms with Crippen molar-refractivity contribution >= 4 is 17.3 Å². The Balaban J connectivity index is 2.59. The van der Waals surface area contributed by atoms with Gasteiger partial charge in [-0.1, -0.05) is 17.7 Å². The van der Waals surface area contributed by atoms with Gasteiger partial charge in [-0.05, 0) is 38.8 Å². The van der Waals surface area contributed by atoms with E-state index in [0.29, 0.717) is 11.2 Å². The van der Waals surface area contributed by atoms with Gasteiger partial charge < -0.3 is 5.32 Å². The van der Waals surface area contributed by atoms with Crippen LogP contribution in [0.25, 0.3) is 0 Å². The summed E-state index contributed by atoms with van der Waals surface area (Å²) in [5, 5.41) is 3.94. The summed E-state index contributed by atoms with van der Waals surface area (Å²) in [5.41, 5.74) is 1.99. The quantitative estimate of drug-likeness (QED) is 0.608. The summed E-state index contributed by atoms with van der Waals surface area (Å²) in [6, 6.07) is 4.19. The molecule has 1 heterocycles. The van der Waals surface area contributed by atoms with Crippen molar-refractivity contribution in [1.82, 2.24) is 4.98 Å². The monoisotopic (exact) mass is 224 g/mol. The molecule has 0 fully saturated rings. The minimum absolute atomic E-state index is 0.421. The van der Waals surface area contributed by atoms with Crippen LogP contribution < -0.4 is 5.32 Å². The number of aromatic nitrogens is 1. The lowest BCUT2D eigenvalue weighted by Gasteiger charge is -2.15. The van der Waals surface area contributed by atoms with Crippen molar-refractivity contribution in [2.45, 2.75) is 32.7 Å². The molecule has 0 aliphatic heterocycles. The van der Waals surface area contributed by atoms with E-state index in [1.54, 1.807) is 6.07 Å². The second kappa shape index (κ2) is 5.76. The molecule has 0 saturated carbocycles. The third-order valence-electron chi connectivity index (χ3n) is 2.26. The minimum Gasteiger partial charge on any atom is -0.381 e. The van der Waals surface area contributed by atoms with Gasteiger partial charge in [0.1, 0.15) is 5.15 Å². The number of anilines is 1. The Labute approximate surface area is 96.4 Å². The fraction of sp³-hybridized carbons (Fsp3) is 0.417. The average Bonchev–Trinajstić information content (AvgIpc) is 2.19. The fourth-order valence-corrected chi connectivity index (χ4v) is 1.58. The van der Waals surface area contributed by atoms with Crippen molar-refractivity contribution in [3.05, 3.63) is 35.6 Å². The third-order valence-corrected chi connectivity index (χ3v) is 2.47. The lowest BCUT2D eigenvalue weighted by molar-refractivity contribution is 0.717. The number of allylic oxidation sites excluding steroid dienone is 1. The third kappa shape index (κ3) is 3.92. The summed E-state index contributed by atoms with van der Waals surface area (Å²) in [5.74, 6) is 0. The van der Waals surface area contributed by atoms with Crippen LogP contribution in [0.1, 0.15) is 25.5 Å². The summed E-state index contributed by atoms with van der Waals surface area (Å²) in [4.78, 5) is 4.19. The number of rotatable bonds is 5. The maximum atomic E-state index is 5.78. The molecule has 0 aromatic carbocycles. The summed E-state index contributed by atoms with van der Waals surface area (Å²) in [6.07, 6.45) is 4.03. The average molecular weight is 225 g/mol. The van der Waals surface area contributed by atoms with E-state index in [2.05, 4.69) is 23.8 Å². The Bertz CT molecular complexity index is 336. The maximum Gasteiger partial charge on any atom is 0.129 e. The Morgan fingerprint density at radius 2 is 2.33 bits per heavy atom. The molecule has 2 nitrogen and oxygen atoms in total. The van der Waals surface area contributed by atoms with Gasteiger partial charge in [0.05, 0.1) is 11.4 Å². The molecule has 1 rings (SSSR count). The number of hydrogen-bond donors (Lipinski definition) is 1. The van der Waals surface area contributed by atoms with Crippen LogP contribution >= 0.6 is 11.6 Å². The predicted octanol–water partition coefficient (Wildman–Crippen LogP) is 3.81. The Hall–Kier alpha value is -1.02. The van der Waals surface area contributed by atoms with Crippen molar-refractivity contribution in [1.29, 1.82) is 0 Å². The zero-order chi connectivity index (χ0) is 11.3. The van der Waals surface area contributed by atoms with Gasteiger partial charge in [0, 0.05) is 6.04 Å². The van der Waals surface area contributed by atoms with E-state index in [4.69, 9.17) is 11.6 Å². The number of halogens is 1. The predicted molar refractivity (Wildman–Crippen MR) is 66.5 cm³/mol. The Morgan fingerprint density at radius 3 is 2.93 bits per heavy atom. The summed E-state index contributed by atoms with van der Waals surface area (Å²) < 4.78 is 0. The van der Waals surface area contributed by atoms with Gasteiger partial charge in [-0.2, -0.15) is 0 Å². The zero-order valence-electron chi connectivity index (χ0n) is 9.26. The minimum atomic E-state index is 0.421. The number of pyridine rings is 1. The van der Waals surface area contributed by atoms with Gasteiger partial charge in [-0.15, -0.1) is 6.58 Å².